The Morgan fingerprint density at radius 2 is 1.40 bits per heavy atom. The summed E-state index contributed by atoms with van der Waals surface area (Å²) < 4.78 is 12.4. The van der Waals surface area contributed by atoms with Crippen molar-refractivity contribution >= 4 is 29.0 Å². The second-order valence-electron chi connectivity index (χ2n) is 9.84. The molecule has 2 aromatic carbocycles. The third-order valence-electron chi connectivity index (χ3n) is 6.73. The third kappa shape index (κ3) is 12.5. The molecule has 0 spiro atoms. The van der Waals surface area contributed by atoms with Crippen LogP contribution >= 0.6 is 11.9 Å². The maximum atomic E-state index is 5.95. The maximum Gasteiger partial charge on any atom is 0.144 e. The lowest BCUT2D eigenvalue weighted by Gasteiger charge is -2.27. The van der Waals surface area contributed by atoms with E-state index in [1.54, 1.807) is 30.7 Å². The average Bonchev–Trinajstić information content (AvgIpc) is 3.35. The molecule has 0 radical (unpaired) electrons. The summed E-state index contributed by atoms with van der Waals surface area (Å²) in [6.45, 7) is 12.7. The smallest absolute Gasteiger partial charge is 0.144 e. The first-order valence-electron chi connectivity index (χ1n) is 15.4. The zero-order valence-corrected chi connectivity index (χ0v) is 27.2. The van der Waals surface area contributed by atoms with Crippen molar-refractivity contribution in [1.82, 2.24) is 4.52 Å². The average molecular weight is 576 g/mol. The van der Waals surface area contributed by atoms with E-state index in [0.29, 0.717) is 11.4 Å². The Morgan fingerprint density at radius 3 is 2.00 bits per heavy atom. The monoisotopic (exact) mass is 575 g/mol. The van der Waals surface area contributed by atoms with E-state index in [1.165, 1.54) is 81.1 Å². The van der Waals surface area contributed by atoms with Crippen LogP contribution < -0.4 is 31.4 Å². The van der Waals surface area contributed by atoms with Gasteiger partial charge in [-0.3, -0.25) is 5.43 Å². The van der Waals surface area contributed by atoms with Crippen LogP contribution in [0.3, 0.4) is 0 Å². The van der Waals surface area contributed by atoms with E-state index in [1.807, 2.05) is 26.0 Å². The number of rotatable bonds is 16. The van der Waals surface area contributed by atoms with Gasteiger partial charge >= 0.3 is 0 Å². The molecule has 0 amide bonds. The van der Waals surface area contributed by atoms with Crippen molar-refractivity contribution in [3.8, 4) is 11.5 Å². The molecule has 1 aliphatic rings. The molecular weight excluding hydrogens is 518 g/mol. The Labute approximate surface area is 249 Å². The minimum atomic E-state index is 0.610. The summed E-state index contributed by atoms with van der Waals surface area (Å²) in [4.78, 5) is 3.61. The second-order valence-corrected chi connectivity index (χ2v) is 10.9. The first-order chi connectivity index (χ1) is 19.5. The van der Waals surface area contributed by atoms with E-state index in [2.05, 4.69) is 49.3 Å². The zero-order chi connectivity index (χ0) is 29.8. The van der Waals surface area contributed by atoms with Gasteiger partial charge < -0.3 is 20.1 Å². The van der Waals surface area contributed by atoms with E-state index in [-0.39, 0.29) is 0 Å². The van der Waals surface area contributed by atoms with Gasteiger partial charge in [0.05, 0.1) is 36.2 Å². The van der Waals surface area contributed by atoms with Crippen LogP contribution in [-0.4, -0.2) is 31.8 Å². The molecule has 7 nitrogen and oxygen atoms in total. The number of hydrogen-bond donors (Lipinski definition) is 3. The lowest BCUT2D eigenvalue weighted by Crippen LogP contribution is -2.26. The van der Waals surface area contributed by atoms with Gasteiger partial charge in [0.2, 0.25) is 0 Å². The summed E-state index contributed by atoms with van der Waals surface area (Å²) in [6.07, 6.45) is 14.0. The molecule has 8 heteroatoms. The van der Waals surface area contributed by atoms with Gasteiger partial charge in [0.1, 0.15) is 11.5 Å². The highest BCUT2D eigenvalue weighted by molar-refractivity contribution is 7.97. The molecule has 5 N–H and O–H groups in total. The number of hydrogen-bond acceptors (Lipinski definition) is 8. The van der Waals surface area contributed by atoms with Crippen molar-refractivity contribution < 1.29 is 9.47 Å². The number of methoxy groups -OCH3 is 2. The second kappa shape index (κ2) is 21.5. The maximum absolute atomic E-state index is 5.95. The number of nitrogens with one attached hydrogen (secondary N) is 1. The molecule has 0 bridgehead atoms. The highest BCUT2D eigenvalue weighted by Crippen LogP contribution is 2.37. The fourth-order valence-corrected chi connectivity index (χ4v) is 5.22. The SMILES string of the molecule is CC.CCCCCCCCc1ccc2c(c1)SN(N)N2.CCCCN(CCCC)c1cc(OC)c(N)cc1OC. The molecule has 1 aliphatic heterocycles. The van der Waals surface area contributed by atoms with Gasteiger partial charge in [-0.05, 0) is 55.3 Å². The summed E-state index contributed by atoms with van der Waals surface area (Å²) in [5.41, 5.74) is 13.3. The van der Waals surface area contributed by atoms with Crippen molar-refractivity contribution in [3.63, 3.8) is 0 Å². The Bertz CT molecular complexity index is 936. The fourth-order valence-electron chi connectivity index (χ4n) is 4.45. The van der Waals surface area contributed by atoms with E-state index < -0.39 is 0 Å². The Morgan fingerprint density at radius 1 is 0.800 bits per heavy atom. The van der Waals surface area contributed by atoms with Crippen LogP contribution in [0.4, 0.5) is 17.1 Å². The first-order valence-corrected chi connectivity index (χ1v) is 16.1. The molecule has 0 unspecified atom stereocenters. The van der Waals surface area contributed by atoms with Gasteiger partial charge in [-0.2, -0.15) is 0 Å². The summed E-state index contributed by atoms with van der Waals surface area (Å²) in [7, 11) is 3.33. The molecule has 40 heavy (non-hydrogen) atoms. The van der Waals surface area contributed by atoms with E-state index in [0.717, 1.165) is 30.2 Å². The van der Waals surface area contributed by atoms with Crippen LogP contribution in [-0.2, 0) is 6.42 Å². The lowest BCUT2D eigenvalue weighted by molar-refractivity contribution is 0.404. The van der Waals surface area contributed by atoms with Crippen molar-refractivity contribution in [2.45, 2.75) is 110 Å². The molecule has 1 heterocycles. The van der Waals surface area contributed by atoms with E-state index >= 15 is 0 Å². The predicted octanol–water partition coefficient (Wildman–Crippen LogP) is 8.83. The predicted molar refractivity (Wildman–Crippen MR) is 176 cm³/mol. The molecule has 2 aromatic rings. The van der Waals surface area contributed by atoms with Crippen LogP contribution in [0.1, 0.15) is 104 Å². The fraction of sp³-hybridized carbons (Fsp3) is 0.625. The molecule has 0 aliphatic carbocycles. The van der Waals surface area contributed by atoms with Gasteiger partial charge in [-0.1, -0.05) is 90.2 Å². The van der Waals surface area contributed by atoms with Crippen LogP contribution in [0.5, 0.6) is 11.5 Å². The highest BCUT2D eigenvalue weighted by Gasteiger charge is 2.17. The minimum Gasteiger partial charge on any atom is -0.495 e. The Kier molecular flexibility index (Phi) is 19.2. The summed E-state index contributed by atoms with van der Waals surface area (Å²) in [5.74, 6) is 7.21. The van der Waals surface area contributed by atoms with Crippen LogP contribution in [0.25, 0.3) is 0 Å². The number of anilines is 3. The van der Waals surface area contributed by atoms with Crippen molar-refractivity contribution in [2.24, 2.45) is 5.84 Å². The summed E-state index contributed by atoms with van der Waals surface area (Å²) in [5, 5.41) is 0. The van der Waals surface area contributed by atoms with Crippen molar-refractivity contribution in [3.05, 3.63) is 35.9 Å². The summed E-state index contributed by atoms with van der Waals surface area (Å²) in [6, 6.07) is 10.4. The zero-order valence-electron chi connectivity index (χ0n) is 26.4. The van der Waals surface area contributed by atoms with Crippen molar-refractivity contribution in [1.29, 1.82) is 0 Å². The number of ether oxygens (including phenoxy) is 2. The lowest BCUT2D eigenvalue weighted by atomic mass is 10.0. The van der Waals surface area contributed by atoms with Gasteiger partial charge in [-0.15, -0.1) is 0 Å². The number of nitrogen functional groups attached to an aromatic ring is 1. The normalized spacial score (nSPS) is 11.9. The van der Waals surface area contributed by atoms with E-state index in [4.69, 9.17) is 21.1 Å². The van der Waals surface area contributed by atoms with Gasteiger partial charge in [0, 0.05) is 25.2 Å². The molecular formula is C32H57N5O2S. The minimum absolute atomic E-state index is 0.610. The third-order valence-corrected chi connectivity index (χ3v) is 7.55. The number of nitrogens with two attached hydrogens (primary N) is 2. The van der Waals surface area contributed by atoms with Gasteiger partial charge in [-0.25, -0.2) is 5.84 Å². The number of benzene rings is 2. The molecule has 0 atom stereocenters. The number of nitrogens with zero attached hydrogens (tertiary/aromatic N) is 2. The first kappa shape index (κ1) is 35.7. The molecule has 0 saturated heterocycles. The summed E-state index contributed by atoms with van der Waals surface area (Å²) >= 11 is 1.56. The standard InChI is InChI=1S/C16H28N2O2.C14H23N3S.C2H6/c1-5-7-9-18(10-8-6-2)14-12-15(19-3)13(17)11-16(14)20-4;1-2-3-4-5-6-7-8-12-9-10-13-14(11-12)18-17(15)16-13;1-2/h11-12H,5-10,17H2,1-4H3;9-11,16H,2-8,15H2,1H3;1-2H3. The molecule has 0 aromatic heterocycles. The number of hydrazine groups is 2. The topological polar surface area (TPSA) is 89.0 Å². The molecule has 3 rings (SSSR count). The van der Waals surface area contributed by atoms with E-state index in [9.17, 15) is 0 Å². The van der Waals surface area contributed by atoms with Crippen molar-refractivity contribution in [2.75, 3.05) is 43.4 Å². The number of unbranched alkanes of at least 4 members (excludes halogenated alkanes) is 7. The molecule has 0 fully saturated rings. The molecule has 228 valence electrons. The van der Waals surface area contributed by atoms with Crippen LogP contribution in [0.2, 0.25) is 0 Å². The van der Waals surface area contributed by atoms with Gasteiger partial charge in [0.25, 0.3) is 0 Å². The Balaban J connectivity index is 0.000000378. The van der Waals surface area contributed by atoms with Crippen LogP contribution in [0.15, 0.2) is 35.2 Å². The number of aryl methyl sites for hydroxylation is 1. The Hall–Kier alpha value is -2.29. The van der Waals surface area contributed by atoms with Crippen LogP contribution in [0, 0.1) is 0 Å². The quantitative estimate of drug-likeness (QED) is 0.0792. The molecule has 0 saturated carbocycles. The van der Waals surface area contributed by atoms with Gasteiger partial charge in [0.15, 0.2) is 0 Å². The largest absolute Gasteiger partial charge is 0.495 e. The number of fused-ring (bicyclic) bond motifs is 1. The highest BCUT2D eigenvalue weighted by atomic mass is 32.2.